The molecule has 2 N–H and O–H groups in total. The van der Waals surface area contributed by atoms with Crippen LogP contribution >= 0.6 is 0 Å². The van der Waals surface area contributed by atoms with E-state index in [4.69, 9.17) is 5.11 Å². The lowest BCUT2D eigenvalue weighted by atomic mass is 9.89. The van der Waals surface area contributed by atoms with Crippen LogP contribution < -0.4 is 5.32 Å². The van der Waals surface area contributed by atoms with Crippen LogP contribution in [-0.2, 0) is 22.4 Å². The Balaban J connectivity index is 1.93. The molecule has 2 rings (SSSR count). The smallest absolute Gasteiger partial charge is 0.329 e. The molecule has 0 saturated carbocycles. The van der Waals surface area contributed by atoms with Crippen LogP contribution in [0.3, 0.4) is 0 Å². The molecule has 5 heteroatoms. The van der Waals surface area contributed by atoms with Crippen LogP contribution in [0.1, 0.15) is 67.4 Å². The number of hydrogen-bond acceptors (Lipinski definition) is 3. The fourth-order valence-corrected chi connectivity index (χ4v) is 2.94. The summed E-state index contributed by atoms with van der Waals surface area (Å²) in [6, 6.07) is 5.79. The molecule has 0 heterocycles. The van der Waals surface area contributed by atoms with Gasteiger partial charge in [0, 0.05) is 18.4 Å². The van der Waals surface area contributed by atoms with Gasteiger partial charge in [0.2, 0.25) is 5.91 Å². The van der Waals surface area contributed by atoms with E-state index in [1.807, 2.05) is 18.2 Å². The molecule has 1 aliphatic carbocycles. The van der Waals surface area contributed by atoms with E-state index in [9.17, 15) is 14.4 Å². The number of rotatable bonds is 7. The predicted molar refractivity (Wildman–Crippen MR) is 91.1 cm³/mol. The topological polar surface area (TPSA) is 83.5 Å². The number of hydrogen-bond donors (Lipinski definition) is 2. The summed E-state index contributed by atoms with van der Waals surface area (Å²) in [5, 5.41) is 11.7. The number of benzene rings is 1. The van der Waals surface area contributed by atoms with Crippen LogP contribution in [0.15, 0.2) is 18.2 Å². The van der Waals surface area contributed by atoms with Crippen molar-refractivity contribution in [2.45, 2.75) is 64.3 Å². The molecule has 0 saturated heterocycles. The van der Waals surface area contributed by atoms with Gasteiger partial charge in [-0.15, -0.1) is 0 Å². The third-order valence-electron chi connectivity index (χ3n) is 4.84. The predicted octanol–water partition coefficient (Wildman–Crippen LogP) is 2.90. The minimum absolute atomic E-state index is 0.00120. The molecule has 0 spiro atoms. The molecule has 1 aromatic rings. The van der Waals surface area contributed by atoms with Gasteiger partial charge in [-0.2, -0.15) is 0 Å². The van der Waals surface area contributed by atoms with Gasteiger partial charge in [0.15, 0.2) is 5.78 Å². The number of Topliss-reactive ketones (excluding diaryl/α,β-unsaturated/α-hetero) is 1. The molecule has 0 radical (unpaired) electrons. The van der Waals surface area contributed by atoms with Crippen LogP contribution in [0.4, 0.5) is 0 Å². The number of amides is 1. The molecule has 0 bridgehead atoms. The average molecular weight is 331 g/mol. The first-order chi connectivity index (χ1) is 11.4. The Labute approximate surface area is 142 Å². The summed E-state index contributed by atoms with van der Waals surface area (Å²) in [7, 11) is 0. The summed E-state index contributed by atoms with van der Waals surface area (Å²) in [6.45, 7) is 3.17. The van der Waals surface area contributed by atoms with Crippen LogP contribution in [0.5, 0.6) is 0 Å². The van der Waals surface area contributed by atoms with Crippen molar-refractivity contribution < 1.29 is 19.5 Å². The van der Waals surface area contributed by atoms with Crippen molar-refractivity contribution in [2.24, 2.45) is 0 Å². The van der Waals surface area contributed by atoms with Gasteiger partial charge in [-0.1, -0.05) is 19.1 Å². The zero-order valence-electron chi connectivity index (χ0n) is 14.4. The van der Waals surface area contributed by atoms with Crippen molar-refractivity contribution in [3.05, 3.63) is 34.9 Å². The number of carbonyl (C=O) groups excluding carboxylic acids is 2. The minimum Gasteiger partial charge on any atom is -0.480 e. The van der Waals surface area contributed by atoms with Gasteiger partial charge < -0.3 is 10.4 Å². The monoisotopic (exact) mass is 331 g/mol. The summed E-state index contributed by atoms with van der Waals surface area (Å²) in [5.41, 5.74) is 1.91. The Morgan fingerprint density at radius 2 is 1.79 bits per heavy atom. The quantitative estimate of drug-likeness (QED) is 0.753. The van der Waals surface area contributed by atoms with Gasteiger partial charge >= 0.3 is 5.97 Å². The minimum atomic E-state index is -1.29. The first-order valence-corrected chi connectivity index (χ1v) is 8.55. The van der Waals surface area contributed by atoms with Crippen molar-refractivity contribution >= 4 is 17.7 Å². The third kappa shape index (κ3) is 4.22. The summed E-state index contributed by atoms with van der Waals surface area (Å²) in [5.74, 6) is -1.56. The number of aliphatic carboxylic acids is 1. The van der Waals surface area contributed by atoms with Crippen molar-refractivity contribution in [2.75, 3.05) is 0 Å². The maximum absolute atomic E-state index is 12.3. The standard InChI is InChI=1S/C19H25NO4/c1-3-19(2,18(23)24)20-17(22)11-10-16(21)15-9-8-13-6-4-5-7-14(13)12-15/h8-9,12H,3-7,10-11H2,1-2H3,(H,20,22)(H,23,24). The molecule has 1 unspecified atom stereocenters. The zero-order valence-corrected chi connectivity index (χ0v) is 14.4. The maximum Gasteiger partial charge on any atom is 0.329 e. The van der Waals surface area contributed by atoms with E-state index in [0.29, 0.717) is 5.56 Å². The maximum atomic E-state index is 12.3. The van der Waals surface area contributed by atoms with E-state index in [0.717, 1.165) is 19.3 Å². The average Bonchev–Trinajstić information content (AvgIpc) is 2.58. The van der Waals surface area contributed by atoms with Crippen molar-refractivity contribution in [3.63, 3.8) is 0 Å². The second-order valence-corrected chi connectivity index (χ2v) is 6.65. The Morgan fingerprint density at radius 3 is 2.42 bits per heavy atom. The number of carboxylic acids is 1. The highest BCUT2D eigenvalue weighted by Gasteiger charge is 2.32. The molecule has 5 nitrogen and oxygen atoms in total. The number of fused-ring (bicyclic) bond motifs is 1. The lowest BCUT2D eigenvalue weighted by Gasteiger charge is -2.24. The van der Waals surface area contributed by atoms with Gasteiger partial charge in [0.05, 0.1) is 0 Å². The second-order valence-electron chi connectivity index (χ2n) is 6.65. The summed E-state index contributed by atoms with van der Waals surface area (Å²) in [6.07, 6.45) is 4.79. The Hall–Kier alpha value is -2.17. The summed E-state index contributed by atoms with van der Waals surface area (Å²) >= 11 is 0. The summed E-state index contributed by atoms with van der Waals surface area (Å²) in [4.78, 5) is 35.5. The van der Waals surface area contributed by atoms with E-state index in [-0.39, 0.29) is 25.0 Å². The molecular weight excluding hydrogens is 306 g/mol. The lowest BCUT2D eigenvalue weighted by Crippen LogP contribution is -2.51. The lowest BCUT2D eigenvalue weighted by molar-refractivity contribution is -0.147. The number of aryl methyl sites for hydroxylation is 2. The molecule has 1 atom stereocenters. The molecule has 130 valence electrons. The first-order valence-electron chi connectivity index (χ1n) is 8.55. The normalized spacial score (nSPS) is 15.9. The van der Waals surface area contributed by atoms with E-state index >= 15 is 0 Å². The molecule has 0 aromatic heterocycles. The second kappa shape index (κ2) is 7.60. The first kappa shape index (κ1) is 18.2. The van der Waals surface area contributed by atoms with Gasteiger partial charge in [-0.05, 0) is 56.2 Å². The van der Waals surface area contributed by atoms with Gasteiger partial charge in [-0.25, -0.2) is 4.79 Å². The fourth-order valence-electron chi connectivity index (χ4n) is 2.94. The van der Waals surface area contributed by atoms with Crippen LogP contribution in [0.25, 0.3) is 0 Å². The highest BCUT2D eigenvalue weighted by Crippen LogP contribution is 2.23. The SMILES string of the molecule is CCC(C)(NC(=O)CCC(=O)c1ccc2c(c1)CCCC2)C(=O)O. The van der Waals surface area contributed by atoms with Crippen LogP contribution in [-0.4, -0.2) is 28.3 Å². The van der Waals surface area contributed by atoms with Gasteiger partial charge in [0.1, 0.15) is 5.54 Å². The Morgan fingerprint density at radius 1 is 1.12 bits per heavy atom. The van der Waals surface area contributed by atoms with Gasteiger partial charge in [-0.3, -0.25) is 9.59 Å². The Bertz CT molecular complexity index is 653. The molecule has 0 aliphatic heterocycles. The van der Waals surface area contributed by atoms with Gasteiger partial charge in [0.25, 0.3) is 0 Å². The van der Waals surface area contributed by atoms with Crippen LogP contribution in [0.2, 0.25) is 0 Å². The molecule has 0 fully saturated rings. The molecule has 1 amide bonds. The van der Waals surface area contributed by atoms with E-state index in [2.05, 4.69) is 5.32 Å². The molecule has 24 heavy (non-hydrogen) atoms. The highest BCUT2D eigenvalue weighted by atomic mass is 16.4. The highest BCUT2D eigenvalue weighted by molar-refractivity contribution is 5.98. The van der Waals surface area contributed by atoms with E-state index in [1.54, 1.807) is 6.92 Å². The van der Waals surface area contributed by atoms with E-state index < -0.39 is 17.4 Å². The number of ketones is 1. The molecular formula is C19H25NO4. The largest absolute Gasteiger partial charge is 0.480 e. The Kier molecular flexibility index (Phi) is 5.75. The van der Waals surface area contributed by atoms with Crippen LogP contribution in [0, 0.1) is 0 Å². The van der Waals surface area contributed by atoms with E-state index in [1.165, 1.54) is 24.5 Å². The number of nitrogens with one attached hydrogen (secondary N) is 1. The molecule has 1 aliphatic rings. The number of carbonyl (C=O) groups is 3. The molecule has 1 aromatic carbocycles. The summed E-state index contributed by atoms with van der Waals surface area (Å²) < 4.78 is 0. The van der Waals surface area contributed by atoms with Crippen molar-refractivity contribution in [3.8, 4) is 0 Å². The van der Waals surface area contributed by atoms with Crippen molar-refractivity contribution in [1.29, 1.82) is 0 Å². The zero-order chi connectivity index (χ0) is 17.7. The number of carboxylic acid groups (broad SMARTS) is 1. The third-order valence-corrected chi connectivity index (χ3v) is 4.84. The fraction of sp³-hybridized carbons (Fsp3) is 0.526. The van der Waals surface area contributed by atoms with Crippen molar-refractivity contribution in [1.82, 2.24) is 5.32 Å².